The maximum absolute atomic E-state index is 13.0. The van der Waals surface area contributed by atoms with Crippen LogP contribution in [0.15, 0.2) is 12.4 Å². The van der Waals surface area contributed by atoms with Crippen molar-refractivity contribution < 1.29 is 9.59 Å². The topological polar surface area (TPSA) is 58.4 Å². The number of carbonyl (C=O) groups is 2. The Balaban J connectivity index is 1.72. The molecule has 0 aliphatic carbocycles. The SMILES string of the molecule is CC(=O)N1CCCC1C(=O)N1CCCCC1Cn1cc(C)cn1. The van der Waals surface area contributed by atoms with Gasteiger partial charge in [-0.15, -0.1) is 0 Å². The van der Waals surface area contributed by atoms with Crippen molar-refractivity contribution in [3.05, 3.63) is 18.0 Å². The van der Waals surface area contributed by atoms with Crippen LogP contribution in [-0.2, 0) is 16.1 Å². The van der Waals surface area contributed by atoms with Crippen molar-refractivity contribution in [2.45, 2.75) is 64.6 Å². The average Bonchev–Trinajstić information content (AvgIpc) is 3.16. The van der Waals surface area contributed by atoms with Gasteiger partial charge in [-0.1, -0.05) is 0 Å². The van der Waals surface area contributed by atoms with E-state index in [2.05, 4.69) is 5.10 Å². The Bertz CT molecular complexity index is 583. The van der Waals surface area contributed by atoms with Crippen molar-refractivity contribution in [2.24, 2.45) is 0 Å². The summed E-state index contributed by atoms with van der Waals surface area (Å²) in [4.78, 5) is 28.5. The molecular weight excluding hydrogens is 292 g/mol. The van der Waals surface area contributed by atoms with Crippen LogP contribution in [0.5, 0.6) is 0 Å². The van der Waals surface area contributed by atoms with Crippen molar-refractivity contribution >= 4 is 11.8 Å². The zero-order valence-corrected chi connectivity index (χ0v) is 14.1. The molecule has 2 unspecified atom stereocenters. The maximum Gasteiger partial charge on any atom is 0.245 e. The van der Waals surface area contributed by atoms with Gasteiger partial charge in [0.05, 0.1) is 18.8 Å². The van der Waals surface area contributed by atoms with Crippen molar-refractivity contribution in [1.29, 1.82) is 0 Å². The Labute approximate surface area is 137 Å². The van der Waals surface area contributed by atoms with E-state index in [4.69, 9.17) is 0 Å². The summed E-state index contributed by atoms with van der Waals surface area (Å²) in [6, 6.07) is -0.0718. The van der Waals surface area contributed by atoms with E-state index >= 15 is 0 Å². The van der Waals surface area contributed by atoms with Gasteiger partial charge in [0.15, 0.2) is 0 Å². The number of aromatic nitrogens is 2. The largest absolute Gasteiger partial charge is 0.336 e. The smallest absolute Gasteiger partial charge is 0.245 e. The first-order chi connectivity index (χ1) is 11.1. The Kier molecular flexibility index (Phi) is 4.68. The number of amides is 2. The first kappa shape index (κ1) is 16.0. The second-order valence-corrected chi connectivity index (χ2v) is 6.79. The van der Waals surface area contributed by atoms with Crippen LogP contribution in [0.1, 0.15) is 44.6 Å². The van der Waals surface area contributed by atoms with E-state index in [0.717, 1.165) is 50.8 Å². The minimum absolute atomic E-state index is 0.0112. The molecule has 1 aromatic rings. The molecule has 2 aliphatic heterocycles. The van der Waals surface area contributed by atoms with E-state index < -0.39 is 0 Å². The molecule has 1 aromatic heterocycles. The predicted octanol–water partition coefficient (Wildman–Crippen LogP) is 1.58. The molecule has 3 rings (SSSR count). The summed E-state index contributed by atoms with van der Waals surface area (Å²) in [5, 5.41) is 4.36. The van der Waals surface area contributed by atoms with E-state index in [1.54, 1.807) is 11.8 Å². The van der Waals surface area contributed by atoms with Gasteiger partial charge in [-0.05, 0) is 44.6 Å². The highest BCUT2D eigenvalue weighted by Crippen LogP contribution is 2.25. The number of hydrogen-bond acceptors (Lipinski definition) is 3. The molecule has 2 fully saturated rings. The molecule has 0 bridgehead atoms. The fourth-order valence-electron chi connectivity index (χ4n) is 3.85. The molecule has 2 amide bonds. The Morgan fingerprint density at radius 2 is 1.96 bits per heavy atom. The monoisotopic (exact) mass is 318 g/mol. The zero-order valence-electron chi connectivity index (χ0n) is 14.1. The molecular formula is C17H26N4O2. The molecule has 3 heterocycles. The first-order valence-corrected chi connectivity index (χ1v) is 8.63. The van der Waals surface area contributed by atoms with E-state index in [1.807, 2.05) is 28.9 Å². The van der Waals surface area contributed by atoms with Gasteiger partial charge in [-0.2, -0.15) is 5.10 Å². The summed E-state index contributed by atoms with van der Waals surface area (Å²) in [6.07, 6.45) is 8.80. The van der Waals surface area contributed by atoms with Crippen LogP contribution in [-0.4, -0.2) is 56.6 Å². The van der Waals surface area contributed by atoms with E-state index in [0.29, 0.717) is 6.54 Å². The van der Waals surface area contributed by atoms with E-state index in [-0.39, 0.29) is 23.9 Å². The molecule has 6 heteroatoms. The maximum atomic E-state index is 13.0. The molecule has 0 saturated carbocycles. The van der Waals surface area contributed by atoms with Crippen LogP contribution in [0.2, 0.25) is 0 Å². The minimum atomic E-state index is -0.257. The molecule has 0 N–H and O–H groups in total. The lowest BCUT2D eigenvalue weighted by Gasteiger charge is -2.38. The Morgan fingerprint density at radius 3 is 2.65 bits per heavy atom. The summed E-state index contributed by atoms with van der Waals surface area (Å²) in [6.45, 7) is 5.84. The van der Waals surface area contributed by atoms with E-state index in [1.165, 1.54) is 0 Å². The van der Waals surface area contributed by atoms with Crippen molar-refractivity contribution in [3.63, 3.8) is 0 Å². The van der Waals surface area contributed by atoms with Crippen LogP contribution in [0.3, 0.4) is 0 Å². The zero-order chi connectivity index (χ0) is 16.4. The number of aryl methyl sites for hydroxylation is 1. The van der Waals surface area contributed by atoms with Crippen LogP contribution in [0.25, 0.3) is 0 Å². The molecule has 2 aliphatic rings. The normalized spacial score (nSPS) is 25.0. The van der Waals surface area contributed by atoms with Crippen LogP contribution in [0.4, 0.5) is 0 Å². The molecule has 6 nitrogen and oxygen atoms in total. The van der Waals surface area contributed by atoms with Crippen molar-refractivity contribution in [1.82, 2.24) is 19.6 Å². The predicted molar refractivity (Wildman–Crippen MR) is 86.7 cm³/mol. The second-order valence-electron chi connectivity index (χ2n) is 6.79. The summed E-state index contributed by atoms with van der Waals surface area (Å²) in [5.41, 5.74) is 1.14. The number of likely N-dealkylation sites (tertiary alicyclic amines) is 2. The van der Waals surface area contributed by atoms with Gasteiger partial charge in [0.1, 0.15) is 6.04 Å². The van der Waals surface area contributed by atoms with Gasteiger partial charge in [-0.3, -0.25) is 14.3 Å². The minimum Gasteiger partial charge on any atom is -0.336 e. The van der Waals surface area contributed by atoms with E-state index in [9.17, 15) is 9.59 Å². The third-order valence-electron chi connectivity index (χ3n) is 5.01. The molecule has 23 heavy (non-hydrogen) atoms. The number of hydrogen-bond donors (Lipinski definition) is 0. The third kappa shape index (κ3) is 3.41. The van der Waals surface area contributed by atoms with Crippen molar-refractivity contribution in [2.75, 3.05) is 13.1 Å². The van der Waals surface area contributed by atoms with Crippen LogP contribution < -0.4 is 0 Å². The fourth-order valence-corrected chi connectivity index (χ4v) is 3.85. The van der Waals surface area contributed by atoms with Gasteiger partial charge in [0.2, 0.25) is 11.8 Å². The number of rotatable bonds is 3. The third-order valence-corrected chi connectivity index (χ3v) is 5.01. The highest BCUT2D eigenvalue weighted by Gasteiger charge is 2.38. The number of carbonyl (C=O) groups excluding carboxylic acids is 2. The molecule has 0 aromatic carbocycles. The number of piperidine rings is 1. The molecule has 2 atom stereocenters. The lowest BCUT2D eigenvalue weighted by atomic mass is 10.00. The van der Waals surface area contributed by atoms with Gasteiger partial charge < -0.3 is 9.80 Å². The summed E-state index contributed by atoms with van der Waals surface area (Å²) in [5.74, 6) is 0.142. The Morgan fingerprint density at radius 1 is 1.17 bits per heavy atom. The summed E-state index contributed by atoms with van der Waals surface area (Å²) >= 11 is 0. The summed E-state index contributed by atoms with van der Waals surface area (Å²) in [7, 11) is 0. The van der Waals surface area contributed by atoms with Crippen LogP contribution >= 0.6 is 0 Å². The highest BCUT2D eigenvalue weighted by molar-refractivity contribution is 5.87. The molecule has 0 spiro atoms. The standard InChI is InChI=1S/C17H26N4O2/c1-13-10-18-19(11-13)12-15-6-3-4-8-21(15)17(23)16-7-5-9-20(16)14(2)22/h10-11,15-16H,3-9,12H2,1-2H3. The second kappa shape index (κ2) is 6.72. The lowest BCUT2D eigenvalue weighted by Crippen LogP contribution is -2.53. The fraction of sp³-hybridized carbons (Fsp3) is 0.706. The average molecular weight is 318 g/mol. The van der Waals surface area contributed by atoms with Gasteiger partial charge in [-0.25, -0.2) is 0 Å². The van der Waals surface area contributed by atoms with Crippen LogP contribution in [0, 0.1) is 6.92 Å². The van der Waals surface area contributed by atoms with Gasteiger partial charge >= 0.3 is 0 Å². The highest BCUT2D eigenvalue weighted by atomic mass is 16.2. The summed E-state index contributed by atoms with van der Waals surface area (Å²) < 4.78 is 1.93. The molecule has 0 radical (unpaired) electrons. The molecule has 126 valence electrons. The lowest BCUT2D eigenvalue weighted by molar-refractivity contribution is -0.145. The number of nitrogens with zero attached hydrogens (tertiary/aromatic N) is 4. The van der Waals surface area contributed by atoms with Gasteiger partial charge in [0.25, 0.3) is 0 Å². The quantitative estimate of drug-likeness (QED) is 0.850. The Hall–Kier alpha value is -1.85. The molecule has 2 saturated heterocycles. The van der Waals surface area contributed by atoms with Crippen molar-refractivity contribution in [3.8, 4) is 0 Å². The first-order valence-electron chi connectivity index (χ1n) is 8.63. The van der Waals surface area contributed by atoms with Gasteiger partial charge in [0, 0.05) is 26.2 Å².